The molecule has 0 saturated carbocycles. The predicted octanol–water partition coefficient (Wildman–Crippen LogP) is 2.47. The number of para-hydroxylation sites is 1. The van der Waals surface area contributed by atoms with Gasteiger partial charge in [0.2, 0.25) is 0 Å². The average molecular weight is 256 g/mol. The van der Waals surface area contributed by atoms with Gasteiger partial charge >= 0.3 is 0 Å². The van der Waals surface area contributed by atoms with Crippen LogP contribution in [0.15, 0.2) is 36.7 Å². The monoisotopic (exact) mass is 256 g/mol. The minimum Gasteiger partial charge on any atom is -0.369 e. The summed E-state index contributed by atoms with van der Waals surface area (Å²) >= 11 is 0. The van der Waals surface area contributed by atoms with Gasteiger partial charge in [0.1, 0.15) is 11.5 Å². The average Bonchev–Trinajstić information content (AvgIpc) is 2.42. The van der Waals surface area contributed by atoms with Crippen LogP contribution in [0.1, 0.15) is 23.0 Å². The van der Waals surface area contributed by atoms with E-state index in [4.69, 9.17) is 0 Å². The molecule has 0 aliphatic heterocycles. The molecule has 0 spiro atoms. The molecule has 19 heavy (non-hydrogen) atoms. The Hall–Kier alpha value is -2.43. The second-order valence-corrected chi connectivity index (χ2v) is 4.09. The molecule has 0 saturated heterocycles. The molecule has 5 heteroatoms. The van der Waals surface area contributed by atoms with Crippen LogP contribution in [0, 0.1) is 6.92 Å². The Balaban J connectivity index is 2.16. The highest BCUT2D eigenvalue weighted by atomic mass is 16.1. The van der Waals surface area contributed by atoms with E-state index in [1.165, 1.54) is 6.20 Å². The molecular weight excluding hydrogens is 240 g/mol. The number of nitrogens with one attached hydrogen (secondary N) is 2. The molecule has 1 aromatic carbocycles. The number of hydrogen-bond acceptors (Lipinski definition) is 4. The van der Waals surface area contributed by atoms with Crippen molar-refractivity contribution in [3.63, 3.8) is 0 Å². The lowest BCUT2D eigenvalue weighted by Gasteiger charge is -2.08. The first-order chi connectivity index (χ1) is 9.20. The van der Waals surface area contributed by atoms with Crippen molar-refractivity contribution in [2.45, 2.75) is 13.8 Å². The van der Waals surface area contributed by atoms with Gasteiger partial charge in [-0.15, -0.1) is 0 Å². The fourth-order valence-electron chi connectivity index (χ4n) is 1.64. The maximum Gasteiger partial charge on any atom is 0.275 e. The zero-order valence-electron chi connectivity index (χ0n) is 11.0. The van der Waals surface area contributed by atoms with Gasteiger partial charge in [-0.25, -0.2) is 4.98 Å². The Morgan fingerprint density at radius 3 is 2.79 bits per heavy atom. The van der Waals surface area contributed by atoms with Crippen molar-refractivity contribution < 1.29 is 4.79 Å². The lowest BCUT2D eigenvalue weighted by atomic mass is 10.2. The van der Waals surface area contributed by atoms with Crippen molar-refractivity contribution in [3.8, 4) is 0 Å². The summed E-state index contributed by atoms with van der Waals surface area (Å²) in [7, 11) is 0. The number of aromatic nitrogens is 2. The summed E-state index contributed by atoms with van der Waals surface area (Å²) in [6.07, 6.45) is 3.04. The Bertz CT molecular complexity index is 583. The van der Waals surface area contributed by atoms with Gasteiger partial charge < -0.3 is 10.6 Å². The van der Waals surface area contributed by atoms with Gasteiger partial charge in [0.05, 0.1) is 12.4 Å². The lowest BCUT2D eigenvalue weighted by Crippen LogP contribution is -2.15. The summed E-state index contributed by atoms with van der Waals surface area (Å²) in [5, 5.41) is 5.85. The van der Waals surface area contributed by atoms with E-state index in [-0.39, 0.29) is 5.91 Å². The Morgan fingerprint density at radius 1 is 1.26 bits per heavy atom. The van der Waals surface area contributed by atoms with Gasteiger partial charge in [0.15, 0.2) is 0 Å². The maximum atomic E-state index is 12.1. The zero-order valence-corrected chi connectivity index (χ0v) is 11.0. The third kappa shape index (κ3) is 3.28. The number of carbonyl (C=O) groups is 1. The highest BCUT2D eigenvalue weighted by Crippen LogP contribution is 2.14. The van der Waals surface area contributed by atoms with Crippen molar-refractivity contribution >= 4 is 17.4 Å². The molecule has 0 aliphatic rings. The van der Waals surface area contributed by atoms with E-state index in [0.717, 1.165) is 17.8 Å². The Morgan fingerprint density at radius 2 is 2.05 bits per heavy atom. The lowest BCUT2D eigenvalue weighted by molar-refractivity contribution is 0.102. The van der Waals surface area contributed by atoms with Crippen molar-refractivity contribution in [3.05, 3.63) is 47.9 Å². The first kappa shape index (κ1) is 13.0. The van der Waals surface area contributed by atoms with E-state index in [1.807, 2.05) is 38.1 Å². The quantitative estimate of drug-likeness (QED) is 0.881. The van der Waals surface area contributed by atoms with Gasteiger partial charge in [0.25, 0.3) is 5.91 Å². The van der Waals surface area contributed by atoms with Crippen molar-refractivity contribution in [1.82, 2.24) is 9.97 Å². The summed E-state index contributed by atoms with van der Waals surface area (Å²) in [5.41, 5.74) is 2.08. The number of amides is 1. The summed E-state index contributed by atoms with van der Waals surface area (Å²) in [4.78, 5) is 20.3. The van der Waals surface area contributed by atoms with E-state index in [9.17, 15) is 4.79 Å². The third-order valence-corrected chi connectivity index (χ3v) is 2.62. The second kappa shape index (κ2) is 5.95. The standard InChI is InChI=1S/C14H16N4O/c1-3-16-13-9-15-8-12(17-13)14(19)18-11-7-5-4-6-10(11)2/h4-9H,3H2,1-2H3,(H,16,17)(H,18,19). The van der Waals surface area contributed by atoms with Crippen LogP contribution in [-0.4, -0.2) is 22.4 Å². The topological polar surface area (TPSA) is 66.9 Å². The van der Waals surface area contributed by atoms with Crippen LogP contribution in [0.4, 0.5) is 11.5 Å². The number of aryl methyl sites for hydroxylation is 1. The first-order valence-electron chi connectivity index (χ1n) is 6.13. The molecule has 0 radical (unpaired) electrons. The van der Waals surface area contributed by atoms with Crippen LogP contribution in [-0.2, 0) is 0 Å². The van der Waals surface area contributed by atoms with Crippen LogP contribution in [0.5, 0.6) is 0 Å². The summed E-state index contributed by atoms with van der Waals surface area (Å²) in [5.74, 6) is 0.335. The van der Waals surface area contributed by atoms with E-state index >= 15 is 0 Å². The Kier molecular flexibility index (Phi) is 4.07. The Labute approximate surface area is 112 Å². The molecule has 2 aromatic rings. The van der Waals surface area contributed by atoms with Crippen LogP contribution >= 0.6 is 0 Å². The molecule has 0 atom stereocenters. The SMILES string of the molecule is CCNc1cncc(C(=O)Nc2ccccc2C)n1. The molecule has 0 aliphatic carbocycles. The van der Waals surface area contributed by atoms with E-state index in [2.05, 4.69) is 20.6 Å². The molecule has 0 unspecified atom stereocenters. The highest BCUT2D eigenvalue weighted by molar-refractivity contribution is 6.03. The number of carbonyl (C=O) groups excluding carboxylic acids is 1. The highest BCUT2D eigenvalue weighted by Gasteiger charge is 2.10. The molecule has 0 bridgehead atoms. The third-order valence-electron chi connectivity index (χ3n) is 2.62. The van der Waals surface area contributed by atoms with Gasteiger partial charge in [-0.3, -0.25) is 9.78 Å². The normalized spacial score (nSPS) is 10.0. The largest absolute Gasteiger partial charge is 0.369 e. The minimum absolute atomic E-state index is 0.262. The molecule has 2 N–H and O–H groups in total. The van der Waals surface area contributed by atoms with Gasteiger partial charge in [-0.2, -0.15) is 0 Å². The molecule has 0 fully saturated rings. The predicted molar refractivity (Wildman–Crippen MR) is 75.3 cm³/mol. The number of benzene rings is 1. The zero-order chi connectivity index (χ0) is 13.7. The van der Waals surface area contributed by atoms with Crippen molar-refractivity contribution in [2.75, 3.05) is 17.2 Å². The molecule has 98 valence electrons. The fourth-order valence-corrected chi connectivity index (χ4v) is 1.64. The van der Waals surface area contributed by atoms with E-state index in [1.54, 1.807) is 6.20 Å². The van der Waals surface area contributed by atoms with E-state index in [0.29, 0.717) is 11.5 Å². The first-order valence-corrected chi connectivity index (χ1v) is 6.13. The molecule has 1 aromatic heterocycles. The number of rotatable bonds is 4. The second-order valence-electron chi connectivity index (χ2n) is 4.09. The van der Waals surface area contributed by atoms with Crippen molar-refractivity contribution in [2.24, 2.45) is 0 Å². The van der Waals surface area contributed by atoms with Crippen LogP contribution < -0.4 is 10.6 Å². The minimum atomic E-state index is -0.262. The summed E-state index contributed by atoms with van der Waals surface area (Å²) < 4.78 is 0. The van der Waals surface area contributed by atoms with Gasteiger partial charge in [-0.05, 0) is 25.5 Å². The van der Waals surface area contributed by atoms with E-state index < -0.39 is 0 Å². The maximum absolute atomic E-state index is 12.1. The summed E-state index contributed by atoms with van der Waals surface area (Å²) in [6.45, 7) is 4.63. The fraction of sp³-hybridized carbons (Fsp3) is 0.214. The number of anilines is 2. The molecule has 1 amide bonds. The van der Waals surface area contributed by atoms with Crippen LogP contribution in [0.3, 0.4) is 0 Å². The molecule has 5 nitrogen and oxygen atoms in total. The molecular formula is C14H16N4O. The summed E-state index contributed by atoms with van der Waals surface area (Å²) in [6, 6.07) is 7.60. The molecule has 1 heterocycles. The van der Waals surface area contributed by atoms with Gasteiger partial charge in [-0.1, -0.05) is 18.2 Å². The van der Waals surface area contributed by atoms with Crippen LogP contribution in [0.25, 0.3) is 0 Å². The number of nitrogens with zero attached hydrogens (tertiary/aromatic N) is 2. The van der Waals surface area contributed by atoms with Crippen LogP contribution in [0.2, 0.25) is 0 Å². The van der Waals surface area contributed by atoms with Gasteiger partial charge in [0, 0.05) is 12.2 Å². The smallest absolute Gasteiger partial charge is 0.275 e. The van der Waals surface area contributed by atoms with Crippen molar-refractivity contribution in [1.29, 1.82) is 0 Å². The molecule has 2 rings (SSSR count). The number of hydrogen-bond donors (Lipinski definition) is 2.